The van der Waals surface area contributed by atoms with Crippen LogP contribution in [-0.4, -0.2) is 31.9 Å². The number of alkyl halides is 4. The molecular formula is C12H13F4NO2. The minimum Gasteiger partial charge on any atom is -0.497 e. The maximum Gasteiger partial charge on any atom is 0.383 e. The SMILES string of the molecule is COc1cccc(CCNC(=O)C(F)(F)C(F)F)c1. The molecule has 3 nitrogen and oxygen atoms in total. The lowest BCUT2D eigenvalue weighted by Gasteiger charge is -2.14. The van der Waals surface area contributed by atoms with Crippen molar-refractivity contribution in [3.8, 4) is 5.75 Å². The van der Waals surface area contributed by atoms with E-state index in [-0.39, 0.29) is 13.0 Å². The van der Waals surface area contributed by atoms with E-state index in [2.05, 4.69) is 0 Å². The van der Waals surface area contributed by atoms with Crippen LogP contribution in [0.4, 0.5) is 17.6 Å². The number of benzene rings is 1. The van der Waals surface area contributed by atoms with Crippen LogP contribution >= 0.6 is 0 Å². The number of hydrogen-bond donors (Lipinski definition) is 1. The second-order valence-electron chi connectivity index (χ2n) is 3.78. The van der Waals surface area contributed by atoms with Gasteiger partial charge in [0, 0.05) is 6.54 Å². The zero-order valence-corrected chi connectivity index (χ0v) is 10.1. The van der Waals surface area contributed by atoms with Crippen LogP contribution in [0.15, 0.2) is 24.3 Å². The lowest BCUT2D eigenvalue weighted by Crippen LogP contribution is -2.45. The third kappa shape index (κ3) is 4.11. The number of ether oxygens (including phenoxy) is 1. The molecule has 0 saturated carbocycles. The fourth-order valence-corrected chi connectivity index (χ4v) is 1.37. The maximum atomic E-state index is 12.6. The molecule has 0 heterocycles. The van der Waals surface area contributed by atoms with Crippen molar-refractivity contribution in [3.63, 3.8) is 0 Å². The summed E-state index contributed by atoms with van der Waals surface area (Å²) in [6.45, 7) is -0.158. The summed E-state index contributed by atoms with van der Waals surface area (Å²) in [7, 11) is 1.48. The van der Waals surface area contributed by atoms with E-state index >= 15 is 0 Å². The van der Waals surface area contributed by atoms with Crippen molar-refractivity contribution in [2.75, 3.05) is 13.7 Å². The molecule has 1 aromatic carbocycles. The molecule has 7 heteroatoms. The summed E-state index contributed by atoms with van der Waals surface area (Å²) in [5.74, 6) is -6.04. The van der Waals surface area contributed by atoms with E-state index in [1.165, 1.54) is 7.11 Å². The van der Waals surface area contributed by atoms with E-state index < -0.39 is 18.3 Å². The van der Waals surface area contributed by atoms with E-state index in [9.17, 15) is 22.4 Å². The van der Waals surface area contributed by atoms with Crippen LogP contribution in [0.3, 0.4) is 0 Å². The van der Waals surface area contributed by atoms with Crippen LogP contribution in [0.1, 0.15) is 5.56 Å². The Bertz CT molecular complexity index is 437. The van der Waals surface area contributed by atoms with Gasteiger partial charge in [-0.1, -0.05) is 12.1 Å². The van der Waals surface area contributed by atoms with Crippen LogP contribution in [0.2, 0.25) is 0 Å². The Labute approximate surface area is 107 Å². The summed E-state index contributed by atoms with van der Waals surface area (Å²) in [4.78, 5) is 10.9. The van der Waals surface area contributed by atoms with Gasteiger partial charge in [0.2, 0.25) is 0 Å². The number of carbonyl (C=O) groups is 1. The summed E-state index contributed by atoms with van der Waals surface area (Å²) in [5.41, 5.74) is 0.736. The Hall–Kier alpha value is -1.79. The third-order valence-electron chi connectivity index (χ3n) is 2.41. The average Bonchev–Trinajstić information content (AvgIpc) is 2.38. The van der Waals surface area contributed by atoms with Gasteiger partial charge >= 0.3 is 12.3 Å². The molecule has 1 amide bonds. The molecule has 106 valence electrons. The fraction of sp³-hybridized carbons (Fsp3) is 0.417. The van der Waals surface area contributed by atoms with Gasteiger partial charge < -0.3 is 10.1 Å². The van der Waals surface area contributed by atoms with Gasteiger partial charge in [-0.2, -0.15) is 8.78 Å². The van der Waals surface area contributed by atoms with E-state index in [4.69, 9.17) is 4.74 Å². The maximum absolute atomic E-state index is 12.6. The van der Waals surface area contributed by atoms with E-state index in [0.29, 0.717) is 5.75 Å². The molecule has 1 rings (SSSR count). The Morgan fingerprint density at radius 2 is 2.11 bits per heavy atom. The normalized spacial score (nSPS) is 11.5. The second-order valence-corrected chi connectivity index (χ2v) is 3.78. The standard InChI is InChI=1S/C12H13F4NO2/c1-19-9-4-2-3-8(7-9)5-6-17-11(18)12(15,16)10(13)14/h2-4,7,10H,5-6H2,1H3,(H,17,18). The molecule has 0 radical (unpaired) electrons. The van der Waals surface area contributed by atoms with E-state index in [0.717, 1.165) is 5.56 Å². The first-order valence-corrected chi connectivity index (χ1v) is 5.45. The second kappa shape index (κ2) is 6.40. The number of nitrogens with one attached hydrogen (secondary N) is 1. The monoisotopic (exact) mass is 279 g/mol. The Morgan fingerprint density at radius 3 is 2.68 bits per heavy atom. The van der Waals surface area contributed by atoms with E-state index in [1.54, 1.807) is 29.6 Å². The van der Waals surface area contributed by atoms with Gasteiger partial charge in [-0.05, 0) is 24.1 Å². The minimum atomic E-state index is -4.66. The molecule has 0 aliphatic heterocycles. The zero-order chi connectivity index (χ0) is 14.5. The summed E-state index contributed by atoms with van der Waals surface area (Å²) < 4.78 is 53.9. The molecule has 0 saturated heterocycles. The largest absolute Gasteiger partial charge is 0.497 e. The number of hydrogen-bond acceptors (Lipinski definition) is 2. The Balaban J connectivity index is 2.48. The molecule has 0 bridgehead atoms. The predicted octanol–water partition coefficient (Wildman–Crippen LogP) is 2.25. The first kappa shape index (κ1) is 15.3. The van der Waals surface area contributed by atoms with Crippen molar-refractivity contribution in [2.45, 2.75) is 18.8 Å². The van der Waals surface area contributed by atoms with Crippen LogP contribution in [0, 0.1) is 0 Å². The summed E-state index contributed by atoms with van der Waals surface area (Å²) >= 11 is 0. The highest BCUT2D eigenvalue weighted by molar-refractivity contribution is 5.83. The Morgan fingerprint density at radius 1 is 1.42 bits per heavy atom. The zero-order valence-electron chi connectivity index (χ0n) is 10.1. The van der Waals surface area contributed by atoms with Gasteiger partial charge in [-0.3, -0.25) is 4.79 Å². The van der Waals surface area contributed by atoms with Gasteiger partial charge in [-0.25, -0.2) is 8.78 Å². The van der Waals surface area contributed by atoms with Gasteiger partial charge in [0.1, 0.15) is 5.75 Å². The molecular weight excluding hydrogens is 266 g/mol. The van der Waals surface area contributed by atoms with Crippen molar-refractivity contribution < 1.29 is 27.1 Å². The van der Waals surface area contributed by atoms with Crippen molar-refractivity contribution in [3.05, 3.63) is 29.8 Å². The van der Waals surface area contributed by atoms with Crippen LogP contribution < -0.4 is 10.1 Å². The number of rotatable bonds is 6. The summed E-state index contributed by atoms with van der Waals surface area (Å²) in [6.07, 6.45) is -3.77. The molecule has 1 N–H and O–H groups in total. The summed E-state index contributed by atoms with van der Waals surface area (Å²) in [5, 5.41) is 1.78. The third-order valence-corrected chi connectivity index (χ3v) is 2.41. The number of carbonyl (C=O) groups excluding carboxylic acids is 1. The van der Waals surface area contributed by atoms with Gasteiger partial charge in [-0.15, -0.1) is 0 Å². The first-order chi connectivity index (χ1) is 8.87. The van der Waals surface area contributed by atoms with Gasteiger partial charge in [0.25, 0.3) is 5.91 Å². The highest BCUT2D eigenvalue weighted by Crippen LogP contribution is 2.22. The highest BCUT2D eigenvalue weighted by Gasteiger charge is 2.48. The van der Waals surface area contributed by atoms with Crippen molar-refractivity contribution in [1.82, 2.24) is 5.32 Å². The average molecular weight is 279 g/mol. The van der Waals surface area contributed by atoms with Crippen molar-refractivity contribution in [2.24, 2.45) is 0 Å². The minimum absolute atomic E-state index is 0.158. The molecule has 0 spiro atoms. The molecule has 0 aliphatic rings. The topological polar surface area (TPSA) is 38.3 Å². The van der Waals surface area contributed by atoms with Crippen molar-refractivity contribution >= 4 is 5.91 Å². The fourth-order valence-electron chi connectivity index (χ4n) is 1.37. The lowest BCUT2D eigenvalue weighted by atomic mass is 10.1. The van der Waals surface area contributed by atoms with E-state index in [1.807, 2.05) is 0 Å². The lowest BCUT2D eigenvalue weighted by molar-refractivity contribution is -0.169. The number of amides is 1. The van der Waals surface area contributed by atoms with Crippen LogP contribution in [-0.2, 0) is 11.2 Å². The molecule has 0 aliphatic carbocycles. The predicted molar refractivity (Wildman–Crippen MR) is 60.7 cm³/mol. The Kier molecular flexibility index (Phi) is 5.14. The van der Waals surface area contributed by atoms with Crippen LogP contribution in [0.25, 0.3) is 0 Å². The van der Waals surface area contributed by atoms with Crippen molar-refractivity contribution in [1.29, 1.82) is 0 Å². The molecule has 19 heavy (non-hydrogen) atoms. The van der Waals surface area contributed by atoms with Gasteiger partial charge in [0.05, 0.1) is 7.11 Å². The van der Waals surface area contributed by atoms with Crippen LogP contribution in [0.5, 0.6) is 5.75 Å². The number of halogens is 4. The highest BCUT2D eigenvalue weighted by atomic mass is 19.3. The molecule has 0 atom stereocenters. The van der Waals surface area contributed by atoms with Gasteiger partial charge in [0.15, 0.2) is 0 Å². The summed E-state index contributed by atoms with van der Waals surface area (Å²) in [6, 6.07) is 6.77. The molecule has 0 aromatic heterocycles. The first-order valence-electron chi connectivity index (χ1n) is 5.45. The molecule has 0 fully saturated rings. The molecule has 0 unspecified atom stereocenters. The number of methoxy groups -OCH3 is 1. The quantitative estimate of drug-likeness (QED) is 0.811. The smallest absolute Gasteiger partial charge is 0.383 e. The molecule has 1 aromatic rings.